The zero-order valence-electron chi connectivity index (χ0n) is 5.37. The zero-order valence-corrected chi connectivity index (χ0v) is 8.47. The molecule has 0 aliphatic carbocycles. The summed E-state index contributed by atoms with van der Waals surface area (Å²) in [7, 11) is 0. The van der Waals surface area contributed by atoms with Gasteiger partial charge in [0.25, 0.3) is 0 Å². The Morgan fingerprint density at radius 3 is 2.55 bits per heavy atom. The van der Waals surface area contributed by atoms with Crippen LogP contribution in [-0.2, 0) is 5.88 Å². The molecule has 0 saturated heterocycles. The van der Waals surface area contributed by atoms with Crippen molar-refractivity contribution < 1.29 is 4.39 Å². The molecule has 4 heteroatoms. The van der Waals surface area contributed by atoms with Gasteiger partial charge in [0.05, 0.1) is 10.9 Å². The van der Waals surface area contributed by atoms with Gasteiger partial charge < -0.3 is 0 Å². The molecule has 0 bridgehead atoms. The number of alkyl halides is 1. The molecule has 0 radical (unpaired) electrons. The first-order chi connectivity index (χ1) is 5.16. The highest BCUT2D eigenvalue weighted by Gasteiger charge is 2.08. The number of hydrogen-bond donors (Lipinski definition) is 0. The van der Waals surface area contributed by atoms with Gasteiger partial charge in [0.2, 0.25) is 0 Å². The lowest BCUT2D eigenvalue weighted by Crippen LogP contribution is -1.88. The molecule has 1 aromatic rings. The van der Waals surface area contributed by atoms with E-state index in [4.69, 9.17) is 23.2 Å². The first kappa shape index (κ1) is 9.30. The smallest absolute Gasteiger partial charge is 0.147 e. The van der Waals surface area contributed by atoms with Crippen LogP contribution in [0, 0.1) is 5.82 Å². The highest BCUT2D eigenvalue weighted by atomic mass is 79.9. The van der Waals surface area contributed by atoms with Gasteiger partial charge in [-0.2, -0.15) is 0 Å². The molecule has 0 aromatic heterocycles. The third-order valence-electron chi connectivity index (χ3n) is 1.27. The van der Waals surface area contributed by atoms with E-state index in [-0.39, 0.29) is 10.9 Å². The first-order valence-corrected chi connectivity index (χ1v) is 4.55. The lowest BCUT2D eigenvalue weighted by molar-refractivity contribution is 0.616. The molecule has 0 heterocycles. The van der Waals surface area contributed by atoms with Crippen LogP contribution < -0.4 is 0 Å². The van der Waals surface area contributed by atoms with Gasteiger partial charge in [-0.15, -0.1) is 11.6 Å². The Hall–Kier alpha value is 0.210. The van der Waals surface area contributed by atoms with Gasteiger partial charge in [0.1, 0.15) is 5.82 Å². The van der Waals surface area contributed by atoms with Crippen molar-refractivity contribution in [2.75, 3.05) is 0 Å². The van der Waals surface area contributed by atoms with Crippen molar-refractivity contribution in [2.24, 2.45) is 0 Å². The van der Waals surface area contributed by atoms with Crippen molar-refractivity contribution in [3.8, 4) is 0 Å². The van der Waals surface area contributed by atoms with Crippen molar-refractivity contribution >= 4 is 39.1 Å². The number of benzene rings is 1. The van der Waals surface area contributed by atoms with E-state index in [1.54, 1.807) is 6.07 Å². The van der Waals surface area contributed by atoms with Crippen molar-refractivity contribution in [1.29, 1.82) is 0 Å². The molecular formula is C7H4BrCl2F. The van der Waals surface area contributed by atoms with Gasteiger partial charge in [0.15, 0.2) is 0 Å². The molecule has 0 atom stereocenters. The fraction of sp³-hybridized carbons (Fsp3) is 0.143. The molecule has 0 N–H and O–H groups in total. The molecule has 0 spiro atoms. The summed E-state index contributed by atoms with van der Waals surface area (Å²) in [5.41, 5.74) is 0.402. The summed E-state index contributed by atoms with van der Waals surface area (Å²) < 4.78 is 13.7. The fourth-order valence-corrected chi connectivity index (χ4v) is 1.74. The molecule has 60 valence electrons. The Morgan fingerprint density at radius 1 is 1.45 bits per heavy atom. The second-order valence-electron chi connectivity index (χ2n) is 1.96. The molecule has 0 nitrogen and oxygen atoms in total. The Balaban J connectivity index is 3.29. The van der Waals surface area contributed by atoms with E-state index in [0.717, 1.165) is 0 Å². The summed E-state index contributed by atoms with van der Waals surface area (Å²) in [6.45, 7) is 0. The van der Waals surface area contributed by atoms with Gasteiger partial charge >= 0.3 is 0 Å². The predicted octanol–water partition coefficient (Wildman–Crippen LogP) is 3.98. The molecule has 0 saturated carbocycles. The second-order valence-corrected chi connectivity index (χ2v) is 3.48. The van der Waals surface area contributed by atoms with Crippen LogP contribution >= 0.6 is 39.1 Å². The predicted molar refractivity (Wildman–Crippen MR) is 48.7 cm³/mol. The normalized spacial score (nSPS) is 10.2. The maximum atomic E-state index is 13.0. The highest BCUT2D eigenvalue weighted by molar-refractivity contribution is 9.10. The standard InChI is InChI=1S/C7H4BrCl2F/c8-5-1-2-6(10)7(11)4(5)3-9/h1-2H,3H2. The van der Waals surface area contributed by atoms with E-state index in [1.807, 2.05) is 0 Å². The Labute approximate surface area is 82.4 Å². The lowest BCUT2D eigenvalue weighted by atomic mass is 10.2. The van der Waals surface area contributed by atoms with E-state index in [2.05, 4.69) is 15.9 Å². The van der Waals surface area contributed by atoms with Gasteiger partial charge in [-0.05, 0) is 12.1 Å². The van der Waals surface area contributed by atoms with Crippen LogP contribution in [0.15, 0.2) is 16.6 Å². The average molecular weight is 258 g/mol. The SMILES string of the molecule is Fc1c(Cl)ccc(Br)c1CCl. The van der Waals surface area contributed by atoms with Gasteiger partial charge in [-0.3, -0.25) is 0 Å². The van der Waals surface area contributed by atoms with Crippen molar-refractivity contribution in [3.63, 3.8) is 0 Å². The van der Waals surface area contributed by atoms with Crippen LogP contribution in [0.1, 0.15) is 5.56 Å². The molecular weight excluding hydrogens is 254 g/mol. The molecule has 0 fully saturated rings. The maximum absolute atomic E-state index is 13.0. The minimum absolute atomic E-state index is 0.101. The first-order valence-electron chi connectivity index (χ1n) is 2.85. The minimum Gasteiger partial charge on any atom is -0.205 e. The summed E-state index contributed by atoms with van der Waals surface area (Å²) >= 11 is 14.1. The van der Waals surface area contributed by atoms with Crippen LogP contribution in [0.25, 0.3) is 0 Å². The summed E-state index contributed by atoms with van der Waals surface area (Å²) in [6, 6.07) is 3.15. The van der Waals surface area contributed by atoms with E-state index in [0.29, 0.717) is 10.0 Å². The average Bonchev–Trinajstić information content (AvgIpc) is 1.99. The van der Waals surface area contributed by atoms with E-state index in [1.165, 1.54) is 6.07 Å². The second kappa shape index (κ2) is 3.74. The zero-order chi connectivity index (χ0) is 8.43. The Bertz CT molecular complexity index is 275. The van der Waals surface area contributed by atoms with E-state index >= 15 is 0 Å². The maximum Gasteiger partial charge on any atom is 0.147 e. The highest BCUT2D eigenvalue weighted by Crippen LogP contribution is 2.26. The summed E-state index contributed by atoms with van der Waals surface area (Å²) in [5, 5.41) is 0.101. The number of rotatable bonds is 1. The van der Waals surface area contributed by atoms with Crippen LogP contribution in [0.3, 0.4) is 0 Å². The molecule has 0 aliphatic rings. The largest absolute Gasteiger partial charge is 0.205 e. The number of halogens is 4. The summed E-state index contributed by atoms with van der Waals surface area (Å²) in [6.07, 6.45) is 0. The molecule has 0 aliphatic heterocycles. The molecule has 11 heavy (non-hydrogen) atoms. The Kier molecular flexibility index (Phi) is 3.16. The van der Waals surface area contributed by atoms with Gasteiger partial charge in [-0.25, -0.2) is 4.39 Å². The van der Waals surface area contributed by atoms with Gasteiger partial charge in [0, 0.05) is 10.0 Å². The minimum atomic E-state index is -0.448. The van der Waals surface area contributed by atoms with Gasteiger partial charge in [-0.1, -0.05) is 27.5 Å². The molecule has 1 aromatic carbocycles. The monoisotopic (exact) mass is 256 g/mol. The Morgan fingerprint density at radius 2 is 2.09 bits per heavy atom. The fourth-order valence-electron chi connectivity index (χ4n) is 0.692. The van der Waals surface area contributed by atoms with Crippen LogP contribution in [-0.4, -0.2) is 0 Å². The lowest BCUT2D eigenvalue weighted by Gasteiger charge is -2.02. The van der Waals surface area contributed by atoms with Crippen LogP contribution in [0.2, 0.25) is 5.02 Å². The van der Waals surface area contributed by atoms with Crippen molar-refractivity contribution in [1.82, 2.24) is 0 Å². The van der Waals surface area contributed by atoms with E-state index < -0.39 is 5.82 Å². The van der Waals surface area contributed by atoms with E-state index in [9.17, 15) is 4.39 Å². The topological polar surface area (TPSA) is 0 Å². The van der Waals surface area contributed by atoms with Crippen molar-refractivity contribution in [3.05, 3.63) is 33.0 Å². The third kappa shape index (κ3) is 1.86. The molecule has 1 rings (SSSR count). The summed E-state index contributed by atoms with van der Waals surface area (Å²) in [5.74, 6) is -0.330. The summed E-state index contributed by atoms with van der Waals surface area (Å²) in [4.78, 5) is 0. The van der Waals surface area contributed by atoms with Crippen molar-refractivity contribution in [2.45, 2.75) is 5.88 Å². The van der Waals surface area contributed by atoms with Crippen LogP contribution in [0.4, 0.5) is 4.39 Å². The third-order valence-corrected chi connectivity index (χ3v) is 2.57. The van der Waals surface area contributed by atoms with Crippen LogP contribution in [0.5, 0.6) is 0 Å². The quantitative estimate of drug-likeness (QED) is 0.527. The number of hydrogen-bond acceptors (Lipinski definition) is 0. The molecule has 0 unspecified atom stereocenters. The molecule has 0 amide bonds.